The summed E-state index contributed by atoms with van der Waals surface area (Å²) in [5.41, 5.74) is 1.08. The van der Waals surface area contributed by atoms with E-state index in [0.29, 0.717) is 18.0 Å². The Morgan fingerprint density at radius 1 is 0.808 bits per heavy atom. The first kappa shape index (κ1) is 17.3. The molecule has 1 heterocycles. The number of para-hydroxylation sites is 2. The molecule has 1 aliphatic rings. The number of benzene rings is 3. The monoisotopic (exact) mass is 429 g/mol. The fourth-order valence-corrected chi connectivity index (χ4v) is 4.83. The molecule has 4 rings (SSSR count). The van der Waals surface area contributed by atoms with Crippen molar-refractivity contribution in [2.45, 2.75) is 6.04 Å². The molecule has 3 aromatic carbocycles. The van der Waals surface area contributed by atoms with Crippen molar-refractivity contribution in [3.05, 3.63) is 95.0 Å². The lowest BCUT2D eigenvalue weighted by molar-refractivity contribution is 0.345. The Hall–Kier alpha value is -2.07. The minimum absolute atomic E-state index is 0.0151. The van der Waals surface area contributed by atoms with Crippen molar-refractivity contribution in [3.63, 3.8) is 0 Å². The maximum absolute atomic E-state index is 13.6. The first-order valence-electron chi connectivity index (χ1n) is 8.26. The Bertz CT molecular complexity index is 873. The van der Waals surface area contributed by atoms with Gasteiger partial charge in [0.15, 0.2) is 0 Å². The van der Waals surface area contributed by atoms with Crippen LogP contribution in [0, 0.1) is 0 Å². The summed E-state index contributed by atoms with van der Waals surface area (Å²) in [6.07, 6.45) is 0. The Morgan fingerprint density at radius 2 is 1.31 bits per heavy atom. The van der Waals surface area contributed by atoms with Gasteiger partial charge in [-0.3, -0.25) is 0 Å². The van der Waals surface area contributed by atoms with Crippen molar-refractivity contribution < 1.29 is 13.6 Å². The van der Waals surface area contributed by atoms with Crippen molar-refractivity contribution in [1.82, 2.24) is 4.67 Å². The van der Waals surface area contributed by atoms with E-state index in [-0.39, 0.29) is 6.04 Å². The lowest BCUT2D eigenvalue weighted by Gasteiger charge is -2.21. The number of halogens is 1. The van der Waals surface area contributed by atoms with Crippen LogP contribution in [0.2, 0.25) is 0 Å². The van der Waals surface area contributed by atoms with E-state index in [2.05, 4.69) is 15.9 Å². The van der Waals surface area contributed by atoms with Gasteiger partial charge in [-0.25, -0.2) is 4.57 Å². The van der Waals surface area contributed by atoms with Crippen molar-refractivity contribution >= 4 is 23.7 Å². The minimum atomic E-state index is -3.54. The average Bonchev–Trinajstić information content (AvgIpc) is 3.46. The highest BCUT2D eigenvalue weighted by molar-refractivity contribution is 9.10. The van der Waals surface area contributed by atoms with E-state index in [1.807, 2.05) is 60.7 Å². The second kappa shape index (κ2) is 7.28. The Morgan fingerprint density at radius 3 is 1.81 bits per heavy atom. The van der Waals surface area contributed by atoms with E-state index < -0.39 is 7.75 Å². The van der Waals surface area contributed by atoms with Gasteiger partial charge in [-0.1, -0.05) is 64.5 Å². The smallest absolute Gasteiger partial charge is 0.404 e. The van der Waals surface area contributed by atoms with Crippen LogP contribution in [0.1, 0.15) is 11.6 Å². The summed E-state index contributed by atoms with van der Waals surface area (Å²) in [7, 11) is -3.54. The summed E-state index contributed by atoms with van der Waals surface area (Å²) in [6.45, 7) is 0.624. The van der Waals surface area contributed by atoms with Gasteiger partial charge in [0, 0.05) is 11.0 Å². The molecule has 6 heteroatoms. The van der Waals surface area contributed by atoms with Gasteiger partial charge in [0.05, 0.1) is 6.04 Å². The van der Waals surface area contributed by atoms with Crippen LogP contribution in [0.25, 0.3) is 0 Å². The molecular formula is C20H17BrNO3P. The summed E-state index contributed by atoms with van der Waals surface area (Å²) in [5.74, 6) is 1.04. The zero-order valence-corrected chi connectivity index (χ0v) is 16.3. The number of hydrogen-bond donors (Lipinski definition) is 0. The van der Waals surface area contributed by atoms with Gasteiger partial charge in [0.1, 0.15) is 11.5 Å². The minimum Gasteiger partial charge on any atom is -0.404 e. The third-order valence-electron chi connectivity index (χ3n) is 4.08. The lowest BCUT2D eigenvalue weighted by Crippen LogP contribution is -2.09. The molecule has 3 aromatic rings. The van der Waals surface area contributed by atoms with Gasteiger partial charge in [-0.2, -0.15) is 4.67 Å². The van der Waals surface area contributed by atoms with Crippen molar-refractivity contribution in [2.24, 2.45) is 0 Å². The van der Waals surface area contributed by atoms with E-state index in [9.17, 15) is 4.57 Å². The highest BCUT2D eigenvalue weighted by Gasteiger charge is 2.53. The third-order valence-corrected chi connectivity index (χ3v) is 6.57. The Balaban J connectivity index is 1.60. The quantitative estimate of drug-likeness (QED) is 0.352. The molecular weight excluding hydrogens is 413 g/mol. The summed E-state index contributed by atoms with van der Waals surface area (Å²) in [5, 5.41) is 0. The second-order valence-corrected chi connectivity index (χ2v) is 8.70. The topological polar surface area (TPSA) is 38.5 Å². The fourth-order valence-electron chi connectivity index (χ4n) is 2.72. The maximum Gasteiger partial charge on any atom is 0.516 e. The van der Waals surface area contributed by atoms with Gasteiger partial charge in [0.25, 0.3) is 0 Å². The van der Waals surface area contributed by atoms with Crippen LogP contribution < -0.4 is 9.05 Å². The number of nitrogens with zero attached hydrogens (tertiary/aromatic N) is 1. The molecule has 0 bridgehead atoms. The van der Waals surface area contributed by atoms with Crippen LogP contribution >= 0.6 is 23.7 Å². The molecule has 0 amide bonds. The van der Waals surface area contributed by atoms with E-state index in [1.54, 1.807) is 28.9 Å². The normalized spacial score (nSPS) is 19.0. The van der Waals surface area contributed by atoms with E-state index in [4.69, 9.17) is 9.05 Å². The number of hydrogen-bond acceptors (Lipinski definition) is 3. The standard InChI is InChI=1S/C20H17BrNO3P/c21-17-13-11-16(12-14-17)20-15-22(20)26(23,24-18-7-3-1-4-8-18)25-19-9-5-2-6-10-19/h1-14,20H,15H2. The zero-order chi connectivity index (χ0) is 18.0. The van der Waals surface area contributed by atoms with Gasteiger partial charge in [-0.15, -0.1) is 0 Å². The molecule has 0 saturated carbocycles. The average molecular weight is 430 g/mol. The van der Waals surface area contributed by atoms with Gasteiger partial charge < -0.3 is 9.05 Å². The van der Waals surface area contributed by atoms with Crippen LogP contribution in [0.3, 0.4) is 0 Å². The molecule has 2 atom stereocenters. The van der Waals surface area contributed by atoms with Crippen LogP contribution in [-0.2, 0) is 4.57 Å². The Kier molecular flexibility index (Phi) is 4.86. The highest BCUT2D eigenvalue weighted by atomic mass is 79.9. The fraction of sp³-hybridized carbons (Fsp3) is 0.100. The second-order valence-electron chi connectivity index (χ2n) is 5.97. The summed E-state index contributed by atoms with van der Waals surface area (Å²) >= 11 is 3.44. The molecule has 0 spiro atoms. The zero-order valence-electron chi connectivity index (χ0n) is 13.9. The first-order valence-corrected chi connectivity index (χ1v) is 10.5. The first-order chi connectivity index (χ1) is 12.6. The molecule has 4 nitrogen and oxygen atoms in total. The van der Waals surface area contributed by atoms with E-state index in [1.165, 1.54) is 0 Å². The summed E-state index contributed by atoms with van der Waals surface area (Å²) in [6, 6.07) is 26.3. The molecule has 1 aliphatic heterocycles. The molecule has 1 fully saturated rings. The third kappa shape index (κ3) is 3.85. The largest absolute Gasteiger partial charge is 0.516 e. The predicted octanol–water partition coefficient (Wildman–Crippen LogP) is 6.07. The van der Waals surface area contributed by atoms with E-state index in [0.717, 1.165) is 10.0 Å². The Labute approximate surface area is 161 Å². The van der Waals surface area contributed by atoms with Crippen LogP contribution in [0.5, 0.6) is 11.5 Å². The molecule has 0 radical (unpaired) electrons. The molecule has 2 unspecified atom stereocenters. The predicted molar refractivity (Wildman–Crippen MR) is 105 cm³/mol. The van der Waals surface area contributed by atoms with Crippen molar-refractivity contribution in [1.29, 1.82) is 0 Å². The van der Waals surface area contributed by atoms with E-state index >= 15 is 0 Å². The van der Waals surface area contributed by atoms with Crippen molar-refractivity contribution in [3.8, 4) is 11.5 Å². The van der Waals surface area contributed by atoms with Gasteiger partial charge in [-0.05, 0) is 42.0 Å². The SMILES string of the molecule is O=P(Oc1ccccc1)(Oc1ccccc1)N1CC1c1ccc(Br)cc1. The molecule has 26 heavy (non-hydrogen) atoms. The summed E-state index contributed by atoms with van der Waals surface area (Å²) in [4.78, 5) is 0. The molecule has 0 N–H and O–H groups in total. The summed E-state index contributed by atoms with van der Waals surface area (Å²) < 4.78 is 28.1. The molecule has 0 aromatic heterocycles. The van der Waals surface area contributed by atoms with Crippen LogP contribution in [0.4, 0.5) is 0 Å². The maximum atomic E-state index is 13.6. The molecule has 132 valence electrons. The van der Waals surface area contributed by atoms with Gasteiger partial charge in [0.2, 0.25) is 0 Å². The molecule has 1 saturated heterocycles. The highest BCUT2D eigenvalue weighted by Crippen LogP contribution is 2.62. The molecule has 0 aliphatic carbocycles. The number of rotatable bonds is 6. The van der Waals surface area contributed by atoms with Crippen molar-refractivity contribution in [2.75, 3.05) is 6.54 Å². The van der Waals surface area contributed by atoms with Gasteiger partial charge >= 0.3 is 7.75 Å². The lowest BCUT2D eigenvalue weighted by atomic mass is 10.2. The van der Waals surface area contributed by atoms with Crippen LogP contribution in [0.15, 0.2) is 89.4 Å². The van der Waals surface area contributed by atoms with Crippen LogP contribution in [-0.4, -0.2) is 11.2 Å².